The monoisotopic (exact) mass is 255 g/mol. The van der Waals surface area contributed by atoms with Crippen LogP contribution < -0.4 is 11.1 Å². The lowest BCUT2D eigenvalue weighted by Crippen LogP contribution is -2.29. The molecule has 0 radical (unpaired) electrons. The van der Waals surface area contributed by atoms with E-state index in [-0.39, 0.29) is 17.4 Å². The third kappa shape index (κ3) is 4.33. The van der Waals surface area contributed by atoms with Gasteiger partial charge < -0.3 is 16.0 Å². The van der Waals surface area contributed by atoms with Crippen LogP contribution in [0.4, 0.5) is 5.82 Å². The predicted octanol–water partition coefficient (Wildman–Crippen LogP) is 0.502. The lowest BCUT2D eigenvalue weighted by molar-refractivity contribution is 0.0943. The Balaban J connectivity index is 2.15. The largest absolute Gasteiger partial charge is 0.379 e. The molecule has 0 atom stereocenters. The molecule has 18 heavy (non-hydrogen) atoms. The topological polar surface area (TPSA) is 97.3 Å². The van der Waals surface area contributed by atoms with Crippen molar-refractivity contribution in [3.8, 4) is 0 Å². The summed E-state index contributed by atoms with van der Waals surface area (Å²) in [6.45, 7) is 5.92. The fourth-order valence-electron chi connectivity index (χ4n) is 1.38. The molecule has 1 heterocycles. The van der Waals surface area contributed by atoms with E-state index < -0.39 is 0 Å². The van der Waals surface area contributed by atoms with Crippen LogP contribution in [-0.2, 0) is 0 Å². The van der Waals surface area contributed by atoms with Crippen molar-refractivity contribution in [2.24, 2.45) is 0 Å². The number of rotatable bonds is 7. The van der Waals surface area contributed by atoms with Gasteiger partial charge in [0.15, 0.2) is 0 Å². The van der Waals surface area contributed by atoms with Crippen LogP contribution in [0, 0.1) is 0 Å². The van der Waals surface area contributed by atoms with Gasteiger partial charge in [0, 0.05) is 12.6 Å². The van der Waals surface area contributed by atoms with E-state index in [4.69, 9.17) is 5.73 Å². The van der Waals surface area contributed by atoms with Gasteiger partial charge in [0.05, 0.1) is 0 Å². The first-order chi connectivity index (χ1) is 8.52. The summed E-state index contributed by atoms with van der Waals surface area (Å²) in [6.07, 6.45) is 1.94. The maximum absolute atomic E-state index is 11.6. The van der Waals surface area contributed by atoms with Crippen LogP contribution in [0.25, 0.3) is 0 Å². The minimum absolute atomic E-state index is 0.0204. The highest BCUT2D eigenvalue weighted by atomic mass is 16.6. The highest BCUT2D eigenvalue weighted by Crippen LogP contribution is 2.03. The number of aromatic nitrogens is 2. The van der Waals surface area contributed by atoms with E-state index in [2.05, 4.69) is 46.1 Å². The molecular weight excluding hydrogens is 234 g/mol. The van der Waals surface area contributed by atoms with Crippen LogP contribution in [0.3, 0.4) is 0 Å². The molecule has 1 amide bonds. The fraction of sp³-hybridized carbons (Fsp3) is 0.727. The van der Waals surface area contributed by atoms with E-state index in [9.17, 15) is 4.79 Å². The maximum Gasteiger partial charge on any atom is 0.277 e. The minimum atomic E-state index is -0.342. The van der Waals surface area contributed by atoms with Crippen LogP contribution in [0.5, 0.6) is 0 Å². The number of amides is 1. The van der Waals surface area contributed by atoms with Crippen molar-refractivity contribution in [2.75, 3.05) is 25.9 Å². The quantitative estimate of drug-likeness (QED) is 0.689. The van der Waals surface area contributed by atoms with Crippen molar-refractivity contribution in [2.45, 2.75) is 32.7 Å². The fourth-order valence-corrected chi connectivity index (χ4v) is 1.38. The lowest BCUT2D eigenvalue weighted by atomic mass is 10.2. The molecule has 0 aliphatic carbocycles. The van der Waals surface area contributed by atoms with E-state index in [1.165, 1.54) is 0 Å². The highest BCUT2D eigenvalue weighted by Gasteiger charge is 2.14. The smallest absolute Gasteiger partial charge is 0.277 e. The first-order valence-corrected chi connectivity index (χ1v) is 6.09. The van der Waals surface area contributed by atoms with E-state index >= 15 is 0 Å². The summed E-state index contributed by atoms with van der Waals surface area (Å²) in [6, 6.07) is 0.542. The van der Waals surface area contributed by atoms with Crippen LogP contribution in [0.15, 0.2) is 4.63 Å². The van der Waals surface area contributed by atoms with E-state index in [0.29, 0.717) is 12.6 Å². The van der Waals surface area contributed by atoms with Crippen LogP contribution in [0.2, 0.25) is 0 Å². The van der Waals surface area contributed by atoms with Gasteiger partial charge in [-0.1, -0.05) is 0 Å². The number of anilines is 1. The molecule has 0 bridgehead atoms. The molecule has 1 aromatic rings. The average Bonchev–Trinajstić information content (AvgIpc) is 2.74. The number of nitrogens with two attached hydrogens (primary N) is 1. The zero-order valence-electron chi connectivity index (χ0n) is 11.1. The number of hydrogen-bond donors (Lipinski definition) is 2. The SMILES string of the molecule is CC(C)N(C)CCCCNC(=O)c1nonc1N. The second-order valence-electron chi connectivity index (χ2n) is 4.54. The summed E-state index contributed by atoms with van der Waals surface area (Å²) in [5, 5.41) is 9.51. The van der Waals surface area contributed by atoms with Gasteiger partial charge in [-0.25, -0.2) is 4.63 Å². The van der Waals surface area contributed by atoms with Crippen LogP contribution >= 0.6 is 0 Å². The molecule has 0 saturated heterocycles. The molecule has 0 unspecified atom stereocenters. The van der Waals surface area contributed by atoms with Gasteiger partial charge in [-0.3, -0.25) is 4.79 Å². The molecule has 7 heteroatoms. The molecule has 0 aromatic carbocycles. The molecule has 3 N–H and O–H groups in total. The van der Waals surface area contributed by atoms with Gasteiger partial charge in [0.1, 0.15) is 0 Å². The molecule has 1 aromatic heterocycles. The summed E-state index contributed by atoms with van der Waals surface area (Å²) in [5.41, 5.74) is 5.46. The van der Waals surface area contributed by atoms with Crippen molar-refractivity contribution < 1.29 is 9.42 Å². The standard InChI is InChI=1S/C11H21N5O2/c1-8(2)16(3)7-5-4-6-13-11(17)9-10(12)15-18-14-9/h8H,4-7H2,1-3H3,(H2,12,15)(H,13,17). The van der Waals surface area contributed by atoms with Crippen molar-refractivity contribution in [1.29, 1.82) is 0 Å². The molecule has 102 valence electrons. The Kier molecular flexibility index (Phi) is 5.57. The molecule has 0 fully saturated rings. The van der Waals surface area contributed by atoms with E-state index in [1.54, 1.807) is 0 Å². The Morgan fingerprint density at radius 2 is 2.17 bits per heavy atom. The number of nitrogen functional groups attached to an aromatic ring is 1. The van der Waals surface area contributed by atoms with Crippen LogP contribution in [-0.4, -0.2) is 47.3 Å². The number of carbonyl (C=O) groups is 1. The van der Waals surface area contributed by atoms with Crippen molar-refractivity contribution in [3.05, 3.63) is 5.69 Å². The number of nitrogens with one attached hydrogen (secondary N) is 1. The normalized spacial score (nSPS) is 11.2. The lowest BCUT2D eigenvalue weighted by Gasteiger charge is -2.20. The van der Waals surface area contributed by atoms with E-state index in [0.717, 1.165) is 19.4 Å². The van der Waals surface area contributed by atoms with Gasteiger partial charge in [-0.15, -0.1) is 0 Å². The van der Waals surface area contributed by atoms with Gasteiger partial charge in [-0.05, 0) is 50.6 Å². The Labute approximate surface area is 107 Å². The zero-order valence-corrected chi connectivity index (χ0v) is 11.1. The predicted molar refractivity (Wildman–Crippen MR) is 68.0 cm³/mol. The molecule has 7 nitrogen and oxygen atoms in total. The molecule has 0 aliphatic heterocycles. The number of nitrogens with zero attached hydrogens (tertiary/aromatic N) is 3. The summed E-state index contributed by atoms with van der Waals surface area (Å²) >= 11 is 0. The van der Waals surface area contributed by atoms with Crippen molar-refractivity contribution in [1.82, 2.24) is 20.5 Å². The second-order valence-corrected chi connectivity index (χ2v) is 4.54. The first kappa shape index (κ1) is 14.4. The Morgan fingerprint density at radius 3 is 2.72 bits per heavy atom. The summed E-state index contributed by atoms with van der Waals surface area (Å²) < 4.78 is 4.36. The Bertz CT molecular complexity index is 377. The maximum atomic E-state index is 11.6. The number of carbonyl (C=O) groups excluding carboxylic acids is 1. The molecule has 0 aliphatic rings. The van der Waals surface area contributed by atoms with Crippen LogP contribution in [0.1, 0.15) is 37.2 Å². The Morgan fingerprint density at radius 1 is 1.44 bits per heavy atom. The van der Waals surface area contributed by atoms with Gasteiger partial charge in [0.25, 0.3) is 5.91 Å². The second kappa shape index (κ2) is 6.95. The van der Waals surface area contributed by atoms with Crippen molar-refractivity contribution >= 4 is 11.7 Å². The molecule has 0 spiro atoms. The molecule has 0 saturated carbocycles. The minimum Gasteiger partial charge on any atom is -0.379 e. The number of hydrogen-bond acceptors (Lipinski definition) is 6. The molecule has 1 rings (SSSR count). The Hall–Kier alpha value is -1.63. The third-order valence-corrected chi connectivity index (χ3v) is 2.83. The van der Waals surface area contributed by atoms with Gasteiger partial charge >= 0.3 is 0 Å². The summed E-state index contributed by atoms with van der Waals surface area (Å²) in [7, 11) is 2.09. The van der Waals surface area contributed by atoms with E-state index in [1.807, 2.05) is 0 Å². The summed E-state index contributed by atoms with van der Waals surface area (Å²) in [5.74, 6) is -0.321. The zero-order chi connectivity index (χ0) is 13.5. The van der Waals surface area contributed by atoms with Gasteiger partial charge in [-0.2, -0.15) is 0 Å². The number of unbranched alkanes of at least 4 members (excludes halogenated alkanes) is 1. The average molecular weight is 255 g/mol. The molecular formula is C11H21N5O2. The van der Waals surface area contributed by atoms with Crippen molar-refractivity contribution in [3.63, 3.8) is 0 Å². The summed E-state index contributed by atoms with van der Waals surface area (Å²) in [4.78, 5) is 13.8. The highest BCUT2D eigenvalue weighted by molar-refractivity contribution is 5.95. The van der Waals surface area contributed by atoms with Gasteiger partial charge in [0.2, 0.25) is 11.5 Å². The third-order valence-electron chi connectivity index (χ3n) is 2.83. The first-order valence-electron chi connectivity index (χ1n) is 6.09.